The zero-order chi connectivity index (χ0) is 23.3. The fourth-order valence-electron chi connectivity index (χ4n) is 9.44. The van der Waals surface area contributed by atoms with Crippen molar-refractivity contribution in [3.05, 3.63) is 35.9 Å². The number of rotatable bonds is 6. The summed E-state index contributed by atoms with van der Waals surface area (Å²) in [7, 11) is 0. The van der Waals surface area contributed by atoms with Crippen LogP contribution in [0, 0.1) is 0 Å². The van der Waals surface area contributed by atoms with Crippen molar-refractivity contribution in [3.63, 3.8) is 0 Å². The molecular weight excluding hydrogens is 435 g/mol. The van der Waals surface area contributed by atoms with E-state index >= 15 is 0 Å². The molecule has 0 aliphatic heterocycles. The van der Waals surface area contributed by atoms with E-state index in [1.165, 1.54) is 128 Å². The molecule has 2 nitrogen and oxygen atoms in total. The van der Waals surface area contributed by atoms with E-state index < -0.39 is 6.83 Å². The molecule has 0 unspecified atom stereocenters. The Morgan fingerprint density at radius 1 is 0.529 bits per heavy atom. The van der Waals surface area contributed by atoms with Crippen molar-refractivity contribution in [1.82, 2.24) is 0 Å². The maximum absolute atomic E-state index is 14.2. The summed E-state index contributed by atoms with van der Waals surface area (Å²) in [6, 6.07) is 10.1. The molecular formula is C31H49O2P. The fourth-order valence-corrected chi connectivity index (χ4v) is 20.0. The second-order valence-electron chi connectivity index (χ2n) is 12.2. The van der Waals surface area contributed by atoms with Gasteiger partial charge in [-0.25, -0.2) is 0 Å². The molecule has 34 heavy (non-hydrogen) atoms. The number of carbonyl (C=O) groups excluding carboxylic acids is 1. The van der Waals surface area contributed by atoms with Crippen molar-refractivity contribution in [2.75, 3.05) is 0 Å². The Labute approximate surface area is 209 Å². The van der Waals surface area contributed by atoms with Crippen LogP contribution in [-0.2, 0) is 4.52 Å². The van der Waals surface area contributed by atoms with E-state index in [9.17, 15) is 4.79 Å². The summed E-state index contributed by atoms with van der Waals surface area (Å²) in [5, 5.41) is 0. The molecule has 3 heteroatoms. The molecule has 0 aromatic heterocycles. The molecule has 0 spiro atoms. The number of benzene rings is 1. The SMILES string of the molecule is O=C(OP(C1CCCCC1)(C1CCCCC1)(C1CCCCC1)C1CCCCC1)c1ccccc1. The average Bonchev–Trinajstić information content (AvgIpc) is 2.94. The first-order chi connectivity index (χ1) is 16.8. The monoisotopic (exact) mass is 484 g/mol. The minimum absolute atomic E-state index is 0.0468. The van der Waals surface area contributed by atoms with Gasteiger partial charge in [-0.2, -0.15) is 0 Å². The van der Waals surface area contributed by atoms with E-state index in [0.717, 1.165) is 5.56 Å². The van der Waals surface area contributed by atoms with Gasteiger partial charge >= 0.3 is 209 Å². The van der Waals surface area contributed by atoms with Crippen molar-refractivity contribution < 1.29 is 9.32 Å². The predicted molar refractivity (Wildman–Crippen MR) is 146 cm³/mol. The molecule has 4 fully saturated rings. The van der Waals surface area contributed by atoms with Gasteiger partial charge in [0.05, 0.1) is 0 Å². The summed E-state index contributed by atoms with van der Waals surface area (Å²) in [6.45, 7) is -2.87. The van der Waals surface area contributed by atoms with Gasteiger partial charge in [-0.3, -0.25) is 0 Å². The molecule has 1 aromatic carbocycles. The van der Waals surface area contributed by atoms with E-state index in [4.69, 9.17) is 4.52 Å². The summed E-state index contributed by atoms with van der Waals surface area (Å²) in [5.41, 5.74) is 3.53. The minimum atomic E-state index is -2.87. The van der Waals surface area contributed by atoms with Gasteiger partial charge in [-0.15, -0.1) is 0 Å². The van der Waals surface area contributed by atoms with Gasteiger partial charge in [0.15, 0.2) is 0 Å². The third-order valence-electron chi connectivity index (χ3n) is 10.7. The van der Waals surface area contributed by atoms with E-state index in [0.29, 0.717) is 22.6 Å². The fraction of sp³-hybridized carbons (Fsp3) is 0.774. The molecule has 1 aromatic rings. The van der Waals surface area contributed by atoms with Crippen LogP contribution in [-0.4, -0.2) is 28.6 Å². The Bertz CT molecular complexity index is 697. The van der Waals surface area contributed by atoms with Crippen LogP contribution < -0.4 is 0 Å². The van der Waals surface area contributed by atoms with Gasteiger partial charge < -0.3 is 0 Å². The van der Waals surface area contributed by atoms with Gasteiger partial charge in [-0.1, -0.05) is 0 Å². The van der Waals surface area contributed by atoms with Crippen molar-refractivity contribution >= 4 is 12.8 Å². The first kappa shape index (κ1) is 24.8. The average molecular weight is 485 g/mol. The second-order valence-corrected chi connectivity index (χ2v) is 18.0. The van der Waals surface area contributed by atoms with Crippen molar-refractivity contribution in [1.29, 1.82) is 0 Å². The molecule has 0 saturated heterocycles. The van der Waals surface area contributed by atoms with Crippen molar-refractivity contribution in [2.24, 2.45) is 0 Å². The van der Waals surface area contributed by atoms with Crippen LogP contribution in [0.4, 0.5) is 0 Å². The first-order valence-corrected chi connectivity index (χ1v) is 17.5. The standard InChI is InChI=1S/C31H49O2P/c32-31(26-16-6-1-7-17-26)33-34(27-18-8-2-9-19-27,28-20-10-3-11-21-28,29-22-12-4-13-23-29)30-24-14-5-15-25-30/h1,6-7,16-17,27-30H,2-5,8-15,18-25H2. The van der Waals surface area contributed by atoms with Gasteiger partial charge in [0.25, 0.3) is 0 Å². The molecule has 4 aliphatic carbocycles. The zero-order valence-electron chi connectivity index (χ0n) is 21.6. The van der Waals surface area contributed by atoms with Crippen LogP contribution in [0.5, 0.6) is 0 Å². The quantitative estimate of drug-likeness (QED) is 0.376. The summed E-state index contributed by atoms with van der Waals surface area (Å²) < 4.78 is 7.66. The molecule has 0 bridgehead atoms. The van der Waals surface area contributed by atoms with Gasteiger partial charge in [0, 0.05) is 0 Å². The number of hydrogen-bond acceptors (Lipinski definition) is 2. The van der Waals surface area contributed by atoms with Crippen molar-refractivity contribution in [3.8, 4) is 0 Å². The van der Waals surface area contributed by atoms with Crippen LogP contribution in [0.3, 0.4) is 0 Å². The summed E-state index contributed by atoms with van der Waals surface area (Å²) >= 11 is 0. The summed E-state index contributed by atoms with van der Waals surface area (Å²) in [4.78, 5) is 14.2. The Balaban J connectivity index is 1.71. The number of carbonyl (C=O) groups is 1. The van der Waals surface area contributed by atoms with Gasteiger partial charge in [0.1, 0.15) is 0 Å². The molecule has 190 valence electrons. The molecule has 5 rings (SSSR count). The third kappa shape index (κ3) is 4.29. The zero-order valence-corrected chi connectivity index (χ0v) is 22.5. The van der Waals surface area contributed by atoms with Crippen molar-refractivity contribution in [2.45, 2.75) is 151 Å². The van der Waals surface area contributed by atoms with Crippen LogP contribution in [0.1, 0.15) is 139 Å². The number of hydrogen-bond donors (Lipinski definition) is 0. The van der Waals surface area contributed by atoms with E-state index in [1.807, 2.05) is 30.3 Å². The van der Waals surface area contributed by atoms with Crippen LogP contribution in [0.15, 0.2) is 30.3 Å². The Morgan fingerprint density at radius 3 is 1.18 bits per heavy atom. The Hall–Kier alpha value is -0.880. The van der Waals surface area contributed by atoms with E-state index in [2.05, 4.69) is 0 Å². The molecule has 4 aliphatic rings. The molecule has 0 radical (unpaired) electrons. The van der Waals surface area contributed by atoms with Crippen LogP contribution in [0.25, 0.3) is 0 Å². The predicted octanol–water partition coefficient (Wildman–Crippen LogP) is 9.64. The topological polar surface area (TPSA) is 26.3 Å². The Kier molecular flexibility index (Phi) is 8.04. The molecule has 4 saturated carbocycles. The molecule has 0 N–H and O–H groups in total. The summed E-state index contributed by atoms with van der Waals surface area (Å²) in [5.74, 6) is 0.0468. The third-order valence-corrected chi connectivity index (χ3v) is 19.6. The van der Waals surface area contributed by atoms with E-state index in [-0.39, 0.29) is 5.97 Å². The second kappa shape index (κ2) is 11.0. The Morgan fingerprint density at radius 2 is 0.853 bits per heavy atom. The molecule has 0 heterocycles. The van der Waals surface area contributed by atoms with Crippen LogP contribution in [0.2, 0.25) is 0 Å². The van der Waals surface area contributed by atoms with E-state index in [1.54, 1.807) is 0 Å². The normalized spacial score (nSPS) is 25.9. The van der Waals surface area contributed by atoms with Crippen LogP contribution >= 0.6 is 6.83 Å². The maximum atomic E-state index is 14.2. The molecule has 0 atom stereocenters. The summed E-state index contributed by atoms with van der Waals surface area (Å²) in [6.07, 6.45) is 27.1. The van der Waals surface area contributed by atoms with Gasteiger partial charge in [-0.05, 0) is 0 Å². The van der Waals surface area contributed by atoms with Gasteiger partial charge in [0.2, 0.25) is 0 Å². The first-order valence-electron chi connectivity index (χ1n) is 15.1. The molecule has 0 amide bonds.